The smallest absolute Gasteiger partial charge is 0.243 e. The van der Waals surface area contributed by atoms with Crippen LogP contribution >= 0.6 is 0 Å². The normalized spacial score (nSPS) is 12.1. The first-order valence-electron chi connectivity index (χ1n) is 7.29. The van der Waals surface area contributed by atoms with Crippen LogP contribution in [-0.2, 0) is 14.8 Å². The second-order valence-electron chi connectivity index (χ2n) is 4.85. The molecule has 5 nitrogen and oxygen atoms in total. The van der Waals surface area contributed by atoms with Crippen molar-refractivity contribution >= 4 is 15.7 Å². The van der Waals surface area contributed by atoms with E-state index in [1.807, 2.05) is 13.8 Å². The zero-order valence-corrected chi connectivity index (χ0v) is 14.1. The molecular weight excluding hydrogens is 288 g/mol. The maximum absolute atomic E-state index is 12.8. The van der Waals surface area contributed by atoms with Crippen LogP contribution in [0.1, 0.15) is 26.7 Å². The average molecular weight is 314 g/mol. The Morgan fingerprint density at radius 2 is 1.76 bits per heavy atom. The van der Waals surface area contributed by atoms with Crippen LogP contribution in [0.15, 0.2) is 29.2 Å². The number of methoxy groups -OCH3 is 1. The van der Waals surface area contributed by atoms with Gasteiger partial charge in [0, 0.05) is 32.4 Å². The molecule has 0 radical (unpaired) electrons. The quantitative estimate of drug-likeness (QED) is 0.761. The number of nitrogens with one attached hydrogen (secondary N) is 1. The van der Waals surface area contributed by atoms with Crippen molar-refractivity contribution in [1.29, 1.82) is 0 Å². The zero-order valence-electron chi connectivity index (χ0n) is 13.3. The van der Waals surface area contributed by atoms with E-state index < -0.39 is 10.0 Å². The van der Waals surface area contributed by atoms with Gasteiger partial charge in [0.2, 0.25) is 10.0 Å². The number of anilines is 1. The molecule has 0 saturated carbocycles. The average Bonchev–Trinajstić information content (AvgIpc) is 2.51. The van der Waals surface area contributed by atoms with Crippen molar-refractivity contribution in [3.8, 4) is 0 Å². The lowest BCUT2D eigenvalue weighted by Gasteiger charge is -2.29. The van der Waals surface area contributed by atoms with Crippen LogP contribution < -0.4 is 5.32 Å². The number of nitrogens with zero attached hydrogens (tertiary/aromatic N) is 1. The fourth-order valence-corrected chi connectivity index (χ4v) is 4.06. The van der Waals surface area contributed by atoms with Gasteiger partial charge >= 0.3 is 0 Å². The molecule has 0 unspecified atom stereocenters. The largest absolute Gasteiger partial charge is 0.388 e. The highest BCUT2D eigenvalue weighted by Crippen LogP contribution is 2.22. The molecule has 6 heteroatoms. The third-order valence-corrected chi connectivity index (χ3v) is 5.58. The highest BCUT2D eigenvalue weighted by Gasteiger charge is 2.29. The SMILES string of the molecule is CCC(CC)N(CCOC)S(=O)(=O)c1ccc(NC)cc1. The second kappa shape index (κ2) is 8.36. The Morgan fingerprint density at radius 3 is 2.19 bits per heavy atom. The zero-order chi connectivity index (χ0) is 15.9. The Balaban J connectivity index is 3.12. The van der Waals surface area contributed by atoms with Gasteiger partial charge in [-0.1, -0.05) is 13.8 Å². The molecule has 0 amide bonds. The number of ether oxygens (including phenoxy) is 1. The molecule has 1 rings (SSSR count). The van der Waals surface area contributed by atoms with Gasteiger partial charge in [-0.2, -0.15) is 4.31 Å². The van der Waals surface area contributed by atoms with Gasteiger partial charge in [-0.25, -0.2) is 8.42 Å². The molecule has 0 aliphatic heterocycles. The van der Waals surface area contributed by atoms with Crippen molar-refractivity contribution in [3.63, 3.8) is 0 Å². The third-order valence-electron chi connectivity index (χ3n) is 3.62. The highest BCUT2D eigenvalue weighted by atomic mass is 32.2. The molecule has 0 fully saturated rings. The molecule has 0 aromatic heterocycles. The predicted molar refractivity (Wildman–Crippen MR) is 86.1 cm³/mol. The lowest BCUT2D eigenvalue weighted by Crippen LogP contribution is -2.41. The van der Waals surface area contributed by atoms with Crippen LogP contribution in [0.2, 0.25) is 0 Å². The summed E-state index contributed by atoms with van der Waals surface area (Å²) in [5.41, 5.74) is 0.889. The summed E-state index contributed by atoms with van der Waals surface area (Å²) >= 11 is 0. The molecule has 0 atom stereocenters. The molecule has 1 N–H and O–H groups in total. The van der Waals surface area contributed by atoms with Gasteiger partial charge in [0.05, 0.1) is 11.5 Å². The predicted octanol–water partition coefficient (Wildman–Crippen LogP) is 2.55. The molecule has 0 aliphatic carbocycles. The van der Waals surface area contributed by atoms with E-state index in [2.05, 4.69) is 5.32 Å². The minimum Gasteiger partial charge on any atom is -0.388 e. The summed E-state index contributed by atoms with van der Waals surface area (Å²) in [5, 5.41) is 2.99. The number of sulfonamides is 1. The topological polar surface area (TPSA) is 58.6 Å². The van der Waals surface area contributed by atoms with Crippen molar-refractivity contribution in [1.82, 2.24) is 4.31 Å². The van der Waals surface area contributed by atoms with Gasteiger partial charge in [0.25, 0.3) is 0 Å². The summed E-state index contributed by atoms with van der Waals surface area (Å²) in [5.74, 6) is 0. The molecular formula is C15H26N2O3S. The third kappa shape index (κ3) is 4.43. The first-order valence-corrected chi connectivity index (χ1v) is 8.73. The summed E-state index contributed by atoms with van der Waals surface area (Å²) in [6.07, 6.45) is 1.57. The monoisotopic (exact) mass is 314 g/mol. The molecule has 1 aromatic carbocycles. The molecule has 0 spiro atoms. The number of benzene rings is 1. The summed E-state index contributed by atoms with van der Waals surface area (Å²) in [7, 11) is -0.109. The van der Waals surface area contributed by atoms with Crippen molar-refractivity contribution in [2.75, 3.05) is 32.6 Å². The second-order valence-corrected chi connectivity index (χ2v) is 6.74. The van der Waals surface area contributed by atoms with E-state index in [9.17, 15) is 8.42 Å². The Bertz CT molecular complexity index is 510. The van der Waals surface area contributed by atoms with Crippen LogP contribution in [-0.4, -0.2) is 46.1 Å². The number of hydrogen-bond acceptors (Lipinski definition) is 4. The highest BCUT2D eigenvalue weighted by molar-refractivity contribution is 7.89. The molecule has 1 aromatic rings. The van der Waals surface area contributed by atoms with Gasteiger partial charge in [0.15, 0.2) is 0 Å². The fraction of sp³-hybridized carbons (Fsp3) is 0.600. The first kappa shape index (κ1) is 17.9. The lowest BCUT2D eigenvalue weighted by molar-refractivity contribution is 0.163. The van der Waals surface area contributed by atoms with E-state index in [0.717, 1.165) is 18.5 Å². The minimum absolute atomic E-state index is 0.00544. The summed E-state index contributed by atoms with van der Waals surface area (Å²) in [6, 6.07) is 6.82. The number of hydrogen-bond donors (Lipinski definition) is 1. The Morgan fingerprint density at radius 1 is 1.19 bits per heavy atom. The van der Waals surface area contributed by atoms with Crippen molar-refractivity contribution in [2.45, 2.75) is 37.6 Å². The first-order chi connectivity index (χ1) is 10.0. The molecule has 0 heterocycles. The van der Waals surface area contributed by atoms with Crippen LogP contribution in [0.25, 0.3) is 0 Å². The van der Waals surface area contributed by atoms with E-state index in [0.29, 0.717) is 18.0 Å². The van der Waals surface area contributed by atoms with Crippen LogP contribution in [0, 0.1) is 0 Å². The fourth-order valence-electron chi connectivity index (χ4n) is 2.31. The summed E-state index contributed by atoms with van der Waals surface area (Å²) in [4.78, 5) is 0.324. The van der Waals surface area contributed by atoms with E-state index in [4.69, 9.17) is 4.74 Å². The van der Waals surface area contributed by atoms with Gasteiger partial charge in [-0.3, -0.25) is 0 Å². The Kier molecular flexibility index (Phi) is 7.14. The maximum Gasteiger partial charge on any atom is 0.243 e. The van der Waals surface area contributed by atoms with Crippen molar-refractivity contribution in [2.24, 2.45) is 0 Å². The standard InChI is InChI=1S/C15H26N2O3S/c1-5-14(6-2)17(11-12-20-4)21(18,19)15-9-7-13(16-3)8-10-15/h7-10,14,16H,5-6,11-12H2,1-4H3. The molecule has 120 valence electrons. The molecule has 0 aliphatic rings. The van der Waals surface area contributed by atoms with E-state index in [1.54, 1.807) is 42.7 Å². The van der Waals surface area contributed by atoms with Crippen LogP contribution in [0.3, 0.4) is 0 Å². The number of rotatable bonds is 9. The summed E-state index contributed by atoms with van der Waals surface area (Å²) < 4.78 is 32.3. The van der Waals surface area contributed by atoms with Crippen molar-refractivity contribution < 1.29 is 13.2 Å². The lowest BCUT2D eigenvalue weighted by atomic mass is 10.2. The van der Waals surface area contributed by atoms with E-state index in [1.165, 1.54) is 0 Å². The minimum atomic E-state index is -3.50. The van der Waals surface area contributed by atoms with Crippen LogP contribution in [0.5, 0.6) is 0 Å². The van der Waals surface area contributed by atoms with Gasteiger partial charge < -0.3 is 10.1 Å². The van der Waals surface area contributed by atoms with Crippen molar-refractivity contribution in [3.05, 3.63) is 24.3 Å². The Hall–Kier alpha value is -1.11. The molecule has 0 saturated heterocycles. The van der Waals surface area contributed by atoms with Crippen LogP contribution in [0.4, 0.5) is 5.69 Å². The Labute approximate surface area is 128 Å². The maximum atomic E-state index is 12.8. The van der Waals surface area contributed by atoms with E-state index in [-0.39, 0.29) is 6.04 Å². The van der Waals surface area contributed by atoms with Gasteiger partial charge in [-0.05, 0) is 37.1 Å². The molecule has 21 heavy (non-hydrogen) atoms. The molecule has 0 bridgehead atoms. The van der Waals surface area contributed by atoms with E-state index >= 15 is 0 Å². The van der Waals surface area contributed by atoms with Gasteiger partial charge in [0.1, 0.15) is 0 Å². The van der Waals surface area contributed by atoms with Gasteiger partial charge in [-0.15, -0.1) is 0 Å². The summed E-state index contributed by atoms with van der Waals surface area (Å²) in [6.45, 7) is 4.78.